The topological polar surface area (TPSA) is 158 Å². The van der Waals surface area contributed by atoms with Gasteiger partial charge in [-0.05, 0) is 43.5 Å². The van der Waals surface area contributed by atoms with Gasteiger partial charge < -0.3 is 26.0 Å². The van der Waals surface area contributed by atoms with Gasteiger partial charge in [0.25, 0.3) is 17.4 Å². The number of amides is 2. The molecule has 0 radical (unpaired) electrons. The number of carbonyl (C=O) groups is 3. The fraction of sp³-hybridized carbons (Fsp3) is 0.333. The van der Waals surface area contributed by atoms with Crippen molar-refractivity contribution in [1.82, 2.24) is 15.2 Å². The van der Waals surface area contributed by atoms with Gasteiger partial charge in [-0.1, -0.05) is 19.4 Å². The normalized spacial score (nSPS) is 10.5. The summed E-state index contributed by atoms with van der Waals surface area (Å²) in [5.74, 6) is -5.30. The number of nitrogens with one attached hydrogen (secondary N) is 2. The second-order valence-electron chi connectivity index (χ2n) is 7.02. The molecule has 5 N–H and O–H groups in total. The number of aromatic hydroxyl groups is 2. The minimum absolute atomic E-state index is 0.167. The number of pyridine rings is 1. The molecule has 0 saturated heterocycles. The molecule has 1 aromatic carbocycles. The molecule has 2 amide bonds. The van der Waals surface area contributed by atoms with Gasteiger partial charge in [-0.25, -0.2) is 4.57 Å². The summed E-state index contributed by atoms with van der Waals surface area (Å²) in [4.78, 5) is 48.9. The Bertz CT molecular complexity index is 1090. The average molecular weight is 431 g/mol. The standard InChI is InChI=1S/C21H25N3O7/c1-4-5-8-22-18(28)15-17(27)16(19(29)23-10-14(25)26)21(31)24(20(15)30)13-7-6-11(2)12(3)9-13/h6-7,9,27,30H,4-5,8,10H2,1-3H3,(H,22,28)(H,23,29)(H,25,26). The third-order valence-corrected chi connectivity index (χ3v) is 4.74. The van der Waals surface area contributed by atoms with Crippen LogP contribution in [-0.4, -0.2) is 50.8 Å². The minimum Gasteiger partial charge on any atom is -0.506 e. The summed E-state index contributed by atoms with van der Waals surface area (Å²) < 4.78 is 0.733. The lowest BCUT2D eigenvalue weighted by Gasteiger charge is -2.17. The van der Waals surface area contributed by atoms with Crippen molar-refractivity contribution in [3.63, 3.8) is 0 Å². The van der Waals surface area contributed by atoms with Crippen molar-refractivity contribution in [2.45, 2.75) is 33.6 Å². The first-order chi connectivity index (χ1) is 14.6. The Labute approximate surface area is 178 Å². The highest BCUT2D eigenvalue weighted by atomic mass is 16.4. The Kier molecular flexibility index (Phi) is 7.41. The van der Waals surface area contributed by atoms with Crippen LogP contribution in [0.5, 0.6) is 11.6 Å². The third-order valence-electron chi connectivity index (χ3n) is 4.74. The summed E-state index contributed by atoms with van der Waals surface area (Å²) in [7, 11) is 0. The first-order valence-electron chi connectivity index (χ1n) is 9.66. The predicted molar refractivity (Wildman–Crippen MR) is 112 cm³/mol. The predicted octanol–water partition coefficient (Wildman–Crippen LogP) is 1.21. The van der Waals surface area contributed by atoms with E-state index in [9.17, 15) is 29.4 Å². The van der Waals surface area contributed by atoms with Gasteiger partial charge in [0, 0.05) is 6.54 Å². The molecule has 1 heterocycles. The van der Waals surface area contributed by atoms with E-state index < -0.39 is 52.6 Å². The van der Waals surface area contributed by atoms with Gasteiger partial charge in [0.1, 0.15) is 17.7 Å². The lowest BCUT2D eigenvalue weighted by atomic mass is 10.1. The number of aliphatic carboxylic acids is 1. The van der Waals surface area contributed by atoms with E-state index in [1.165, 1.54) is 6.07 Å². The third kappa shape index (κ3) is 5.03. The maximum absolute atomic E-state index is 13.0. The van der Waals surface area contributed by atoms with Crippen LogP contribution >= 0.6 is 0 Å². The van der Waals surface area contributed by atoms with Gasteiger partial charge in [0.05, 0.1) is 5.69 Å². The maximum atomic E-state index is 13.0. The summed E-state index contributed by atoms with van der Waals surface area (Å²) in [6.07, 6.45) is 1.42. The first-order valence-corrected chi connectivity index (χ1v) is 9.66. The highest BCUT2D eigenvalue weighted by Gasteiger charge is 2.30. The molecule has 10 heteroatoms. The van der Waals surface area contributed by atoms with Crippen molar-refractivity contribution in [3.05, 3.63) is 50.8 Å². The summed E-state index contributed by atoms with van der Waals surface area (Å²) in [6.45, 7) is 4.97. The number of rotatable bonds is 8. The molecule has 0 bridgehead atoms. The number of aromatic nitrogens is 1. The molecule has 0 aliphatic rings. The van der Waals surface area contributed by atoms with Crippen LogP contribution < -0.4 is 16.2 Å². The minimum atomic E-state index is -1.36. The van der Waals surface area contributed by atoms with Crippen molar-refractivity contribution < 1.29 is 29.7 Å². The number of hydrogen-bond donors (Lipinski definition) is 5. The van der Waals surface area contributed by atoms with Gasteiger partial charge >= 0.3 is 5.97 Å². The van der Waals surface area contributed by atoms with Crippen molar-refractivity contribution in [1.29, 1.82) is 0 Å². The van der Waals surface area contributed by atoms with Crippen molar-refractivity contribution in [2.24, 2.45) is 0 Å². The summed E-state index contributed by atoms with van der Waals surface area (Å²) >= 11 is 0. The van der Waals surface area contributed by atoms with Crippen molar-refractivity contribution >= 4 is 17.8 Å². The first kappa shape index (κ1) is 23.5. The van der Waals surface area contributed by atoms with Crippen molar-refractivity contribution in [3.8, 4) is 17.3 Å². The molecule has 31 heavy (non-hydrogen) atoms. The number of carboxylic acid groups (broad SMARTS) is 1. The summed E-state index contributed by atoms with van der Waals surface area (Å²) in [5.41, 5.74) is -0.756. The van der Waals surface area contributed by atoms with Crippen LogP contribution in [0.15, 0.2) is 23.0 Å². The number of hydrogen-bond acceptors (Lipinski definition) is 6. The number of unbranched alkanes of at least 4 members (excludes halogenated alkanes) is 1. The molecule has 2 rings (SSSR count). The van der Waals surface area contributed by atoms with Crippen LogP contribution in [0, 0.1) is 13.8 Å². The molecule has 0 atom stereocenters. The van der Waals surface area contributed by atoms with Gasteiger partial charge in [0.15, 0.2) is 5.75 Å². The van der Waals surface area contributed by atoms with E-state index in [1.54, 1.807) is 19.1 Å². The zero-order valence-electron chi connectivity index (χ0n) is 17.5. The zero-order chi connectivity index (χ0) is 23.3. The Morgan fingerprint density at radius 2 is 1.65 bits per heavy atom. The zero-order valence-corrected chi connectivity index (χ0v) is 17.5. The lowest BCUT2D eigenvalue weighted by molar-refractivity contribution is -0.135. The molecule has 0 spiro atoms. The van der Waals surface area contributed by atoms with Gasteiger partial charge in [0.2, 0.25) is 5.88 Å². The van der Waals surface area contributed by atoms with Crippen LogP contribution in [0.25, 0.3) is 5.69 Å². The highest BCUT2D eigenvalue weighted by Crippen LogP contribution is 2.30. The largest absolute Gasteiger partial charge is 0.506 e. The van der Waals surface area contributed by atoms with E-state index in [-0.39, 0.29) is 12.2 Å². The SMILES string of the molecule is CCCCNC(=O)c1c(O)c(C(=O)NCC(=O)O)c(=O)n(-c2ccc(C)c(C)c2)c1O. The molecule has 2 aromatic rings. The van der Waals surface area contributed by atoms with Gasteiger partial charge in [-0.15, -0.1) is 0 Å². The van der Waals surface area contributed by atoms with Crippen LogP contribution in [0.3, 0.4) is 0 Å². The number of carbonyl (C=O) groups excluding carboxylic acids is 2. The number of nitrogens with zero attached hydrogens (tertiary/aromatic N) is 1. The van der Waals surface area contributed by atoms with E-state index >= 15 is 0 Å². The molecule has 166 valence electrons. The highest BCUT2D eigenvalue weighted by molar-refractivity contribution is 6.05. The summed E-state index contributed by atoms with van der Waals surface area (Å²) in [5, 5.41) is 34.6. The molecule has 0 saturated carbocycles. The Hall–Kier alpha value is -3.82. The Morgan fingerprint density at radius 3 is 2.23 bits per heavy atom. The molecular formula is C21H25N3O7. The fourth-order valence-corrected chi connectivity index (χ4v) is 2.88. The number of benzene rings is 1. The number of aryl methyl sites for hydroxylation is 2. The van der Waals surface area contributed by atoms with E-state index in [4.69, 9.17) is 5.11 Å². The van der Waals surface area contributed by atoms with Crippen LogP contribution in [0.4, 0.5) is 0 Å². The lowest BCUT2D eigenvalue weighted by Crippen LogP contribution is -2.37. The molecule has 0 aliphatic heterocycles. The second-order valence-corrected chi connectivity index (χ2v) is 7.02. The molecule has 0 unspecified atom stereocenters. The smallest absolute Gasteiger partial charge is 0.322 e. The van der Waals surface area contributed by atoms with Gasteiger partial charge in [-0.3, -0.25) is 19.2 Å². The molecule has 10 nitrogen and oxygen atoms in total. The maximum Gasteiger partial charge on any atom is 0.322 e. The average Bonchev–Trinajstić information content (AvgIpc) is 2.69. The summed E-state index contributed by atoms with van der Waals surface area (Å²) in [6, 6.07) is 4.78. The molecule has 0 fully saturated rings. The second kappa shape index (κ2) is 9.79. The monoisotopic (exact) mass is 431 g/mol. The Morgan fingerprint density at radius 1 is 1.00 bits per heavy atom. The van der Waals surface area contributed by atoms with Crippen LogP contribution in [-0.2, 0) is 4.79 Å². The molecular weight excluding hydrogens is 406 g/mol. The van der Waals surface area contributed by atoms with Crippen molar-refractivity contribution in [2.75, 3.05) is 13.1 Å². The quantitative estimate of drug-likeness (QED) is 0.393. The Balaban J connectivity index is 2.75. The fourth-order valence-electron chi connectivity index (χ4n) is 2.88. The van der Waals surface area contributed by atoms with E-state index in [2.05, 4.69) is 5.32 Å². The molecule has 0 aliphatic carbocycles. The number of carboxylic acids is 1. The van der Waals surface area contributed by atoms with E-state index in [0.29, 0.717) is 6.42 Å². The van der Waals surface area contributed by atoms with Crippen LogP contribution in [0.1, 0.15) is 51.6 Å². The van der Waals surface area contributed by atoms with E-state index in [1.807, 2.05) is 19.2 Å². The van der Waals surface area contributed by atoms with Gasteiger partial charge in [-0.2, -0.15) is 0 Å². The molecule has 1 aromatic heterocycles. The van der Waals surface area contributed by atoms with E-state index in [0.717, 1.165) is 22.1 Å². The van der Waals surface area contributed by atoms with Crippen LogP contribution in [0.2, 0.25) is 0 Å².